The predicted molar refractivity (Wildman–Crippen MR) is 104 cm³/mol. The second kappa shape index (κ2) is 10.6. The van der Waals surface area contributed by atoms with Gasteiger partial charge in [-0.1, -0.05) is 12.8 Å². The van der Waals surface area contributed by atoms with Crippen molar-refractivity contribution in [3.05, 3.63) is 23.8 Å². The number of sulfonamides is 1. The van der Waals surface area contributed by atoms with Gasteiger partial charge in [-0.15, -0.1) is 0 Å². The van der Waals surface area contributed by atoms with Gasteiger partial charge in [0.15, 0.2) is 0 Å². The van der Waals surface area contributed by atoms with E-state index in [0.717, 1.165) is 25.7 Å². The Kier molecular flexibility index (Phi) is 8.53. The molecule has 0 aromatic heterocycles. The van der Waals surface area contributed by atoms with E-state index in [1.165, 1.54) is 17.5 Å². The lowest BCUT2D eigenvalue weighted by Crippen LogP contribution is -2.32. The minimum Gasteiger partial charge on any atom is -0.495 e. The van der Waals surface area contributed by atoms with Gasteiger partial charge in [-0.25, -0.2) is 8.42 Å². The van der Waals surface area contributed by atoms with Gasteiger partial charge in [-0.2, -0.15) is 4.31 Å². The van der Waals surface area contributed by atoms with Gasteiger partial charge in [0.05, 0.1) is 7.11 Å². The van der Waals surface area contributed by atoms with Crippen molar-refractivity contribution in [3.63, 3.8) is 0 Å². The van der Waals surface area contributed by atoms with Gasteiger partial charge >= 0.3 is 0 Å². The smallest absolute Gasteiger partial charge is 0.251 e. The van der Waals surface area contributed by atoms with E-state index in [-0.39, 0.29) is 16.6 Å². The van der Waals surface area contributed by atoms with Crippen LogP contribution < -0.4 is 10.1 Å². The molecule has 1 aliphatic heterocycles. The van der Waals surface area contributed by atoms with Crippen molar-refractivity contribution in [2.75, 3.05) is 40.0 Å². The number of rotatable bonds is 9. The SMILES string of the molecule is CCOCCCNC(=O)c1ccc(OC)c(S(=O)(=O)N2CCCCCC2)c1. The summed E-state index contributed by atoms with van der Waals surface area (Å²) in [5.41, 5.74) is 0.306. The molecule has 1 aliphatic rings. The number of methoxy groups -OCH3 is 1. The topological polar surface area (TPSA) is 84.9 Å². The van der Waals surface area contributed by atoms with Crippen LogP contribution in [0.4, 0.5) is 0 Å². The molecule has 2 rings (SSSR count). The van der Waals surface area contributed by atoms with Crippen LogP contribution in [0.3, 0.4) is 0 Å². The molecule has 1 aromatic carbocycles. The summed E-state index contributed by atoms with van der Waals surface area (Å²) in [6.07, 6.45) is 4.47. The Labute approximate surface area is 162 Å². The normalized spacial score (nSPS) is 15.9. The first-order valence-electron chi connectivity index (χ1n) is 9.55. The number of nitrogens with one attached hydrogen (secondary N) is 1. The Hall–Kier alpha value is -1.64. The standard InChI is InChI=1S/C19H30N2O5S/c1-3-26-14-8-11-20-19(22)16-9-10-17(25-2)18(15-16)27(23,24)21-12-6-4-5-7-13-21/h9-10,15H,3-8,11-14H2,1-2H3,(H,20,22). The highest BCUT2D eigenvalue weighted by molar-refractivity contribution is 7.89. The van der Waals surface area contributed by atoms with Gasteiger partial charge in [0.1, 0.15) is 10.6 Å². The van der Waals surface area contributed by atoms with Gasteiger partial charge in [0.2, 0.25) is 10.0 Å². The first-order chi connectivity index (χ1) is 13.0. The fourth-order valence-corrected chi connectivity index (χ4v) is 4.76. The number of ether oxygens (including phenoxy) is 2. The predicted octanol–water partition coefficient (Wildman–Crippen LogP) is 2.42. The molecule has 152 valence electrons. The van der Waals surface area contributed by atoms with Crippen molar-refractivity contribution in [1.29, 1.82) is 0 Å². The largest absolute Gasteiger partial charge is 0.495 e. The summed E-state index contributed by atoms with van der Waals surface area (Å²) in [5.74, 6) is -0.0476. The third kappa shape index (κ3) is 5.92. The van der Waals surface area contributed by atoms with Crippen LogP contribution in [-0.4, -0.2) is 58.6 Å². The van der Waals surface area contributed by atoms with Crippen LogP contribution in [0, 0.1) is 0 Å². The van der Waals surface area contributed by atoms with Crippen LogP contribution >= 0.6 is 0 Å². The van der Waals surface area contributed by atoms with E-state index in [4.69, 9.17) is 9.47 Å². The van der Waals surface area contributed by atoms with E-state index in [9.17, 15) is 13.2 Å². The summed E-state index contributed by atoms with van der Waals surface area (Å²) >= 11 is 0. The Bertz CT molecular complexity index is 713. The molecule has 1 amide bonds. The molecule has 7 nitrogen and oxygen atoms in total. The maximum absolute atomic E-state index is 13.1. The average Bonchev–Trinajstić information content (AvgIpc) is 2.97. The molecule has 1 N–H and O–H groups in total. The summed E-state index contributed by atoms with van der Waals surface area (Å²) in [6, 6.07) is 4.54. The van der Waals surface area contributed by atoms with Gasteiger partial charge in [-0.3, -0.25) is 4.79 Å². The van der Waals surface area contributed by atoms with Gasteiger partial charge in [0, 0.05) is 38.4 Å². The fourth-order valence-electron chi connectivity index (χ4n) is 3.06. The van der Waals surface area contributed by atoms with Crippen molar-refractivity contribution in [2.45, 2.75) is 43.9 Å². The number of hydrogen-bond acceptors (Lipinski definition) is 5. The van der Waals surface area contributed by atoms with Crippen LogP contribution in [0.2, 0.25) is 0 Å². The quantitative estimate of drug-likeness (QED) is 0.646. The first-order valence-corrected chi connectivity index (χ1v) is 11.0. The minimum absolute atomic E-state index is 0.0499. The van der Waals surface area contributed by atoms with Crippen LogP contribution in [-0.2, 0) is 14.8 Å². The van der Waals surface area contributed by atoms with Crippen molar-refractivity contribution in [3.8, 4) is 5.75 Å². The monoisotopic (exact) mass is 398 g/mol. The van der Waals surface area contributed by atoms with E-state index in [1.54, 1.807) is 12.1 Å². The second-order valence-electron chi connectivity index (χ2n) is 6.49. The molecule has 1 fully saturated rings. The molecule has 0 radical (unpaired) electrons. The molecule has 0 atom stereocenters. The molecule has 0 bridgehead atoms. The highest BCUT2D eigenvalue weighted by atomic mass is 32.2. The van der Waals surface area contributed by atoms with E-state index < -0.39 is 10.0 Å². The average molecular weight is 399 g/mol. The minimum atomic E-state index is -3.71. The molecular formula is C19H30N2O5S. The highest BCUT2D eigenvalue weighted by Crippen LogP contribution is 2.29. The molecule has 27 heavy (non-hydrogen) atoms. The Morgan fingerprint density at radius 1 is 1.19 bits per heavy atom. The second-order valence-corrected chi connectivity index (χ2v) is 8.40. The van der Waals surface area contributed by atoms with Gasteiger partial charge < -0.3 is 14.8 Å². The van der Waals surface area contributed by atoms with Crippen molar-refractivity contribution < 1.29 is 22.7 Å². The Morgan fingerprint density at radius 2 is 1.89 bits per heavy atom. The maximum Gasteiger partial charge on any atom is 0.251 e. The van der Waals surface area contributed by atoms with Crippen LogP contribution in [0.15, 0.2) is 23.1 Å². The maximum atomic E-state index is 13.1. The van der Waals surface area contributed by atoms with E-state index in [1.807, 2.05) is 6.92 Å². The fraction of sp³-hybridized carbons (Fsp3) is 0.632. The van der Waals surface area contributed by atoms with Crippen molar-refractivity contribution >= 4 is 15.9 Å². The molecule has 0 aliphatic carbocycles. The molecular weight excluding hydrogens is 368 g/mol. The lowest BCUT2D eigenvalue weighted by atomic mass is 10.2. The Balaban J connectivity index is 2.17. The summed E-state index contributed by atoms with van der Waals surface area (Å²) in [4.78, 5) is 12.4. The van der Waals surface area contributed by atoms with Gasteiger partial charge in [-0.05, 0) is 44.4 Å². The third-order valence-corrected chi connectivity index (χ3v) is 6.48. The summed E-state index contributed by atoms with van der Waals surface area (Å²) in [6.45, 7) is 4.61. The number of nitrogens with zero attached hydrogens (tertiary/aromatic N) is 1. The molecule has 1 saturated heterocycles. The molecule has 0 spiro atoms. The summed E-state index contributed by atoms with van der Waals surface area (Å²) in [5, 5.41) is 2.80. The summed E-state index contributed by atoms with van der Waals surface area (Å²) in [7, 11) is -2.27. The zero-order valence-corrected chi connectivity index (χ0v) is 17.0. The first kappa shape index (κ1) is 21.7. The zero-order chi connectivity index (χ0) is 19.7. The molecule has 1 aromatic rings. The highest BCUT2D eigenvalue weighted by Gasteiger charge is 2.29. The van der Waals surface area contributed by atoms with E-state index >= 15 is 0 Å². The Morgan fingerprint density at radius 3 is 2.52 bits per heavy atom. The lowest BCUT2D eigenvalue weighted by molar-refractivity contribution is 0.0944. The number of hydrogen-bond donors (Lipinski definition) is 1. The molecule has 0 saturated carbocycles. The van der Waals surface area contributed by atoms with Crippen LogP contribution in [0.5, 0.6) is 5.75 Å². The van der Waals surface area contributed by atoms with Crippen molar-refractivity contribution in [1.82, 2.24) is 9.62 Å². The number of amides is 1. The van der Waals surface area contributed by atoms with E-state index in [0.29, 0.717) is 44.8 Å². The molecule has 0 unspecified atom stereocenters. The lowest BCUT2D eigenvalue weighted by Gasteiger charge is -2.21. The van der Waals surface area contributed by atoms with Crippen LogP contribution in [0.1, 0.15) is 49.4 Å². The van der Waals surface area contributed by atoms with Crippen LogP contribution in [0.25, 0.3) is 0 Å². The van der Waals surface area contributed by atoms with Gasteiger partial charge in [0.25, 0.3) is 5.91 Å². The zero-order valence-electron chi connectivity index (χ0n) is 16.2. The van der Waals surface area contributed by atoms with E-state index in [2.05, 4.69) is 5.32 Å². The van der Waals surface area contributed by atoms with Crippen molar-refractivity contribution in [2.24, 2.45) is 0 Å². The third-order valence-electron chi connectivity index (χ3n) is 4.56. The number of carbonyl (C=O) groups excluding carboxylic acids is 1. The molecule has 8 heteroatoms. The number of carbonyl (C=O) groups is 1. The number of benzene rings is 1. The molecule has 1 heterocycles. The summed E-state index contributed by atoms with van der Waals surface area (Å²) < 4.78 is 38.3.